The minimum Gasteiger partial charge on any atom is -0.384 e. The van der Waals surface area contributed by atoms with E-state index in [2.05, 4.69) is 37.2 Å². The Balaban J connectivity index is 2.50. The molecule has 0 amide bonds. The van der Waals surface area contributed by atoms with Crippen molar-refractivity contribution in [1.29, 1.82) is 0 Å². The Hall–Kier alpha value is -0.680. The molecule has 78 valence electrons. The molecule has 1 unspecified atom stereocenters. The number of rotatable bonds is 2. The highest BCUT2D eigenvalue weighted by atomic mass is 79.9. The van der Waals surface area contributed by atoms with Crippen LogP contribution in [0.3, 0.4) is 0 Å². The number of carbonyl (C=O) groups excluding carboxylic acids is 2. The maximum absolute atomic E-state index is 11.4. The van der Waals surface area contributed by atoms with Crippen molar-refractivity contribution in [2.24, 2.45) is 0 Å². The highest BCUT2D eigenvalue weighted by Crippen LogP contribution is 2.39. The van der Waals surface area contributed by atoms with Crippen molar-refractivity contribution in [2.45, 2.75) is 5.92 Å². The first-order valence-electron chi connectivity index (χ1n) is 4.35. The number of nitrogens with one attached hydrogen (secondary N) is 1. The first-order chi connectivity index (χ1) is 7.13. The summed E-state index contributed by atoms with van der Waals surface area (Å²) in [5.41, 5.74) is 1.77. The number of benzene rings is 1. The fraction of sp³-hybridized carbons (Fsp3) is 0.200. The molecule has 1 aliphatic heterocycles. The van der Waals surface area contributed by atoms with Crippen molar-refractivity contribution in [3.8, 4) is 0 Å². The van der Waals surface area contributed by atoms with Crippen LogP contribution in [0.4, 0.5) is 5.69 Å². The van der Waals surface area contributed by atoms with Crippen LogP contribution in [0.25, 0.3) is 0 Å². The fourth-order valence-electron chi connectivity index (χ4n) is 1.72. The van der Waals surface area contributed by atoms with Crippen LogP contribution in [0, 0.1) is 0 Å². The lowest BCUT2D eigenvalue weighted by Crippen LogP contribution is -2.15. The summed E-state index contributed by atoms with van der Waals surface area (Å²) in [5.74, 6) is -0.746. The second-order valence-corrected chi connectivity index (χ2v) is 5.07. The second-order valence-electron chi connectivity index (χ2n) is 3.30. The van der Waals surface area contributed by atoms with E-state index in [4.69, 9.17) is 0 Å². The Morgan fingerprint density at radius 1 is 1.47 bits per heavy atom. The van der Waals surface area contributed by atoms with Crippen LogP contribution in [0.2, 0.25) is 0 Å². The molecule has 5 heteroatoms. The Bertz CT molecular complexity index is 445. The van der Waals surface area contributed by atoms with E-state index in [1.54, 1.807) is 0 Å². The number of ketones is 1. The molecule has 0 spiro atoms. The zero-order chi connectivity index (χ0) is 11.0. The van der Waals surface area contributed by atoms with E-state index >= 15 is 0 Å². The van der Waals surface area contributed by atoms with Crippen molar-refractivity contribution in [2.75, 3.05) is 11.9 Å². The highest BCUT2D eigenvalue weighted by Gasteiger charge is 2.30. The number of hydrogen-bond donors (Lipinski definition) is 1. The molecule has 1 N–H and O–H groups in total. The third kappa shape index (κ3) is 1.86. The van der Waals surface area contributed by atoms with Gasteiger partial charge in [0.25, 0.3) is 0 Å². The van der Waals surface area contributed by atoms with Crippen LogP contribution in [0.1, 0.15) is 11.5 Å². The van der Waals surface area contributed by atoms with Gasteiger partial charge in [-0.15, -0.1) is 0 Å². The van der Waals surface area contributed by atoms with Crippen LogP contribution >= 0.6 is 31.9 Å². The van der Waals surface area contributed by atoms with Crippen LogP contribution in [0.5, 0.6) is 0 Å². The topological polar surface area (TPSA) is 46.2 Å². The number of halogens is 2. The average molecular weight is 333 g/mol. The van der Waals surface area contributed by atoms with Gasteiger partial charge in [0, 0.05) is 26.7 Å². The van der Waals surface area contributed by atoms with Gasteiger partial charge in [-0.25, -0.2) is 0 Å². The standard InChI is InChI=1S/C10H7Br2NO2/c11-5-1-7(12)10-6(9(15)4-14)3-13-8(10)2-5/h1-2,4,6,13H,3H2. The van der Waals surface area contributed by atoms with E-state index in [9.17, 15) is 9.59 Å². The Labute approximate surface area is 103 Å². The fourth-order valence-corrected chi connectivity index (χ4v) is 3.23. The minimum atomic E-state index is -0.385. The number of anilines is 1. The first-order valence-corrected chi connectivity index (χ1v) is 5.94. The smallest absolute Gasteiger partial charge is 0.204 e. The lowest BCUT2D eigenvalue weighted by molar-refractivity contribution is -0.130. The van der Waals surface area contributed by atoms with Gasteiger partial charge in [-0.3, -0.25) is 9.59 Å². The maximum Gasteiger partial charge on any atom is 0.204 e. The number of hydrogen-bond acceptors (Lipinski definition) is 3. The minimum absolute atomic E-state index is 0.361. The molecule has 0 bridgehead atoms. The lowest BCUT2D eigenvalue weighted by atomic mass is 9.98. The molecule has 1 atom stereocenters. The van der Waals surface area contributed by atoms with Crippen molar-refractivity contribution < 1.29 is 9.59 Å². The molecule has 1 aromatic carbocycles. The molecule has 0 aromatic heterocycles. The SMILES string of the molecule is O=CC(=O)C1CNc2cc(Br)cc(Br)c21. The van der Waals surface area contributed by atoms with Gasteiger partial charge in [0.15, 0.2) is 6.29 Å². The van der Waals surface area contributed by atoms with E-state index in [-0.39, 0.29) is 11.7 Å². The number of aldehydes is 1. The molecule has 1 aliphatic rings. The van der Waals surface area contributed by atoms with Gasteiger partial charge in [-0.1, -0.05) is 31.9 Å². The molecule has 0 aliphatic carbocycles. The van der Waals surface area contributed by atoms with Gasteiger partial charge >= 0.3 is 0 Å². The predicted octanol–water partition coefficient (Wildman–Crippen LogP) is 2.49. The molecule has 1 heterocycles. The van der Waals surface area contributed by atoms with E-state index in [1.165, 1.54) is 0 Å². The summed E-state index contributed by atoms with van der Waals surface area (Å²) in [4.78, 5) is 21.9. The van der Waals surface area contributed by atoms with Crippen LogP contribution in [0.15, 0.2) is 21.1 Å². The van der Waals surface area contributed by atoms with Gasteiger partial charge in [0.2, 0.25) is 5.78 Å². The third-order valence-electron chi connectivity index (χ3n) is 2.40. The largest absolute Gasteiger partial charge is 0.384 e. The highest BCUT2D eigenvalue weighted by molar-refractivity contribution is 9.11. The second kappa shape index (κ2) is 4.06. The zero-order valence-electron chi connectivity index (χ0n) is 7.59. The zero-order valence-corrected chi connectivity index (χ0v) is 10.8. The summed E-state index contributed by atoms with van der Waals surface area (Å²) in [6.45, 7) is 0.488. The molecular weight excluding hydrogens is 326 g/mol. The predicted molar refractivity (Wildman–Crippen MR) is 64.1 cm³/mol. The van der Waals surface area contributed by atoms with Gasteiger partial charge in [0.05, 0.1) is 5.92 Å². The van der Waals surface area contributed by atoms with Gasteiger partial charge in [0.1, 0.15) is 0 Å². The summed E-state index contributed by atoms with van der Waals surface area (Å²) in [5, 5.41) is 3.11. The molecule has 0 saturated carbocycles. The van der Waals surface area contributed by atoms with Gasteiger partial charge < -0.3 is 5.32 Å². The summed E-state index contributed by atoms with van der Waals surface area (Å²) >= 11 is 6.76. The normalized spacial score (nSPS) is 18.1. The molecule has 0 saturated heterocycles. The van der Waals surface area contributed by atoms with Crippen molar-refractivity contribution >= 4 is 49.6 Å². The quantitative estimate of drug-likeness (QED) is 0.668. The van der Waals surface area contributed by atoms with Crippen molar-refractivity contribution in [3.05, 3.63) is 26.6 Å². The maximum atomic E-state index is 11.4. The first kappa shape index (κ1) is 10.8. The molecule has 0 radical (unpaired) electrons. The van der Waals surface area contributed by atoms with Crippen LogP contribution in [-0.4, -0.2) is 18.6 Å². The van der Waals surface area contributed by atoms with E-state index in [0.29, 0.717) is 12.8 Å². The third-order valence-corrected chi connectivity index (χ3v) is 3.51. The average Bonchev–Trinajstić information content (AvgIpc) is 2.60. The molecule has 2 rings (SSSR count). The molecule has 3 nitrogen and oxygen atoms in total. The van der Waals surface area contributed by atoms with Crippen LogP contribution < -0.4 is 5.32 Å². The number of carbonyl (C=O) groups is 2. The lowest BCUT2D eigenvalue weighted by Gasteiger charge is -2.07. The van der Waals surface area contributed by atoms with Crippen molar-refractivity contribution in [1.82, 2.24) is 0 Å². The number of fused-ring (bicyclic) bond motifs is 1. The summed E-state index contributed by atoms with van der Waals surface area (Å²) in [7, 11) is 0. The summed E-state index contributed by atoms with van der Waals surface area (Å²) in [6.07, 6.45) is 0.385. The van der Waals surface area contributed by atoms with Gasteiger partial charge in [-0.2, -0.15) is 0 Å². The summed E-state index contributed by atoms with van der Waals surface area (Å²) < 4.78 is 1.77. The van der Waals surface area contributed by atoms with Crippen molar-refractivity contribution in [3.63, 3.8) is 0 Å². The Morgan fingerprint density at radius 2 is 2.20 bits per heavy atom. The van der Waals surface area contributed by atoms with Gasteiger partial charge in [-0.05, 0) is 12.1 Å². The van der Waals surface area contributed by atoms with E-state index < -0.39 is 0 Å². The van der Waals surface area contributed by atoms with E-state index in [1.807, 2.05) is 12.1 Å². The Morgan fingerprint density at radius 3 is 2.87 bits per heavy atom. The Kier molecular flexibility index (Phi) is 2.93. The molecule has 0 fully saturated rings. The van der Waals surface area contributed by atoms with Crippen LogP contribution in [-0.2, 0) is 9.59 Å². The van der Waals surface area contributed by atoms with E-state index in [0.717, 1.165) is 20.2 Å². The molecule has 15 heavy (non-hydrogen) atoms. The monoisotopic (exact) mass is 331 g/mol. The molecular formula is C10H7Br2NO2. The molecule has 1 aromatic rings. The number of Topliss-reactive ketones (excluding diaryl/α,β-unsaturated/α-hetero) is 1. The summed E-state index contributed by atoms with van der Waals surface area (Å²) in [6, 6.07) is 3.77.